The van der Waals surface area contributed by atoms with Crippen LogP contribution in [0.2, 0.25) is 0 Å². The number of halogens is 1. The fraction of sp³-hybridized carbons (Fsp3) is 0.690. The summed E-state index contributed by atoms with van der Waals surface area (Å²) >= 11 is 3.14. The lowest BCUT2D eigenvalue weighted by Gasteiger charge is -2.39. The maximum atomic E-state index is 12.4. The lowest BCUT2D eigenvalue weighted by molar-refractivity contribution is -0.143. The fourth-order valence-electron chi connectivity index (χ4n) is 5.16. The van der Waals surface area contributed by atoms with Crippen LogP contribution in [0, 0.1) is 5.92 Å². The molecule has 0 radical (unpaired) electrons. The van der Waals surface area contributed by atoms with Gasteiger partial charge in [0.15, 0.2) is 0 Å². The number of nitrogens with one attached hydrogen (secondary N) is 2. The molecule has 3 heterocycles. The Balaban J connectivity index is 1.49. The second-order valence-corrected chi connectivity index (χ2v) is 11.6. The molecule has 3 rings (SSSR count). The molecule has 40 heavy (non-hydrogen) atoms. The molecular weight excluding hydrogens is 584 g/mol. The van der Waals surface area contributed by atoms with Crippen LogP contribution in [0.3, 0.4) is 0 Å². The van der Waals surface area contributed by atoms with Crippen LogP contribution in [0.1, 0.15) is 53.9 Å². The summed E-state index contributed by atoms with van der Waals surface area (Å²) in [6, 6.07) is -0.119. The van der Waals surface area contributed by atoms with Gasteiger partial charge in [0.05, 0.1) is 36.3 Å². The first-order valence-electron chi connectivity index (χ1n) is 13.9. The Hall–Kier alpha value is -2.05. The number of hydrogen-bond acceptors (Lipinski definition) is 8. The van der Waals surface area contributed by atoms with E-state index in [0.29, 0.717) is 26.0 Å². The van der Waals surface area contributed by atoms with E-state index in [-0.39, 0.29) is 47.4 Å². The van der Waals surface area contributed by atoms with Gasteiger partial charge in [-0.2, -0.15) is 0 Å². The van der Waals surface area contributed by atoms with E-state index in [2.05, 4.69) is 39.6 Å². The Bertz CT molecular complexity index is 995. The highest BCUT2D eigenvalue weighted by Gasteiger charge is 2.58. The minimum absolute atomic E-state index is 0.00751. The molecule has 0 saturated carbocycles. The number of rotatable bonds is 11. The van der Waals surface area contributed by atoms with Gasteiger partial charge in [-0.05, 0) is 45.6 Å². The van der Waals surface area contributed by atoms with Gasteiger partial charge in [-0.25, -0.2) is 0 Å². The summed E-state index contributed by atoms with van der Waals surface area (Å²) in [5.74, 6) is -0.529. The highest BCUT2D eigenvalue weighted by molar-refractivity contribution is 9.09. The van der Waals surface area contributed by atoms with Crippen molar-refractivity contribution < 1.29 is 38.4 Å². The van der Waals surface area contributed by atoms with E-state index >= 15 is 0 Å². The normalized spacial score (nSPS) is 35.1. The number of aliphatic hydroxyl groups is 1. The van der Waals surface area contributed by atoms with Crippen molar-refractivity contribution in [3.63, 3.8) is 0 Å². The van der Waals surface area contributed by atoms with Gasteiger partial charge in [-0.15, -0.1) is 0 Å². The lowest BCUT2D eigenvalue weighted by atomic mass is 9.87. The van der Waals surface area contributed by atoms with Crippen LogP contribution in [0.25, 0.3) is 0 Å². The molecule has 2 amide bonds. The van der Waals surface area contributed by atoms with Gasteiger partial charge in [0.1, 0.15) is 23.9 Å². The van der Waals surface area contributed by atoms with Crippen molar-refractivity contribution in [2.45, 2.75) is 102 Å². The molecule has 0 aliphatic carbocycles. The topological polar surface area (TPSA) is 136 Å². The van der Waals surface area contributed by atoms with E-state index in [1.165, 1.54) is 13.0 Å². The van der Waals surface area contributed by atoms with Gasteiger partial charge in [-0.1, -0.05) is 46.7 Å². The number of epoxide rings is 1. The number of alkyl halides is 1. The monoisotopic (exact) mass is 626 g/mol. The van der Waals surface area contributed by atoms with Gasteiger partial charge < -0.3 is 34.7 Å². The van der Waals surface area contributed by atoms with Gasteiger partial charge in [0, 0.05) is 26.0 Å². The Kier molecular flexibility index (Phi) is 12.0. The van der Waals surface area contributed by atoms with E-state index in [4.69, 9.17) is 18.9 Å². The fourth-order valence-corrected chi connectivity index (χ4v) is 5.36. The largest absolute Gasteiger partial charge is 0.459 e. The summed E-state index contributed by atoms with van der Waals surface area (Å²) < 4.78 is 22.9. The highest BCUT2D eigenvalue weighted by atomic mass is 79.9. The average molecular weight is 628 g/mol. The molecular formula is C29H43BrN2O8. The number of carbonyl (C=O) groups is 3. The Labute approximate surface area is 245 Å². The first-order valence-corrected chi connectivity index (χ1v) is 15.0. The molecule has 3 aliphatic rings. The van der Waals surface area contributed by atoms with Crippen LogP contribution in [0.15, 0.2) is 36.0 Å². The smallest absolute Gasteiger partial charge is 0.303 e. The van der Waals surface area contributed by atoms with Gasteiger partial charge in [-0.3, -0.25) is 14.4 Å². The molecule has 224 valence electrons. The molecule has 0 aromatic carbocycles. The average Bonchev–Trinajstić information content (AvgIpc) is 3.67. The molecule has 3 N–H and O–H groups in total. The molecule has 0 aromatic heterocycles. The van der Waals surface area contributed by atoms with Crippen molar-refractivity contribution in [2.75, 3.05) is 18.5 Å². The van der Waals surface area contributed by atoms with E-state index in [1.807, 2.05) is 26.0 Å². The number of carbonyl (C=O) groups excluding carboxylic acids is 3. The van der Waals surface area contributed by atoms with E-state index in [9.17, 15) is 19.5 Å². The zero-order chi connectivity index (χ0) is 29.4. The first-order chi connectivity index (χ1) is 18.9. The second kappa shape index (κ2) is 14.7. The zero-order valence-corrected chi connectivity index (χ0v) is 25.5. The third-order valence-electron chi connectivity index (χ3n) is 7.57. The van der Waals surface area contributed by atoms with Crippen molar-refractivity contribution in [2.24, 2.45) is 5.92 Å². The molecule has 3 aliphatic heterocycles. The Morgan fingerprint density at radius 3 is 2.58 bits per heavy atom. The number of amides is 2. The number of esters is 1. The Morgan fingerprint density at radius 2 is 1.93 bits per heavy atom. The standard InChI is InChI=1S/C29H43BrN2O8/c1-17(7-10-25-28(36)29(16-37-29)13-22(40-25)15-31-27(35)14-30)6-9-24-18(2)12-23(20(4)39-24)32-26(34)11-8-19(3)38-21(5)33/h6-8,10-11,18-20,22-25,28,36H,9,12-16H2,1-5H3,(H,31,35)(H,32,34)/b10-7+,11-8?,17-6+/t18-,19?,20+,22-,23+,24-,25+,28+,29+/m0/s1. The molecule has 3 fully saturated rings. The van der Waals surface area contributed by atoms with Gasteiger partial charge >= 0.3 is 5.97 Å². The maximum absolute atomic E-state index is 12.4. The van der Waals surface area contributed by atoms with Crippen LogP contribution in [-0.4, -0.2) is 89.6 Å². The van der Waals surface area contributed by atoms with E-state index < -0.39 is 29.9 Å². The summed E-state index contributed by atoms with van der Waals surface area (Å²) in [5.41, 5.74) is 0.417. The zero-order valence-electron chi connectivity index (χ0n) is 23.9. The summed E-state index contributed by atoms with van der Waals surface area (Å²) in [6.07, 6.45) is 8.70. The van der Waals surface area contributed by atoms with Crippen LogP contribution < -0.4 is 10.6 Å². The first kappa shape index (κ1) is 32.5. The molecule has 10 nitrogen and oxygen atoms in total. The summed E-state index contributed by atoms with van der Waals surface area (Å²) in [7, 11) is 0. The number of allylic oxidation sites excluding steroid dienone is 2. The van der Waals surface area contributed by atoms with Crippen molar-refractivity contribution in [3.8, 4) is 0 Å². The minimum atomic E-state index is -0.769. The molecule has 11 heteroatoms. The second-order valence-electron chi connectivity index (χ2n) is 11.1. The number of aliphatic hydroxyl groups excluding tert-OH is 1. The molecule has 9 atom stereocenters. The van der Waals surface area contributed by atoms with Crippen molar-refractivity contribution in [1.29, 1.82) is 0 Å². The molecule has 0 aromatic rings. The van der Waals surface area contributed by atoms with Crippen molar-refractivity contribution in [1.82, 2.24) is 10.6 Å². The summed E-state index contributed by atoms with van der Waals surface area (Å²) in [6.45, 7) is 9.94. The SMILES string of the molecule is CC(=O)OC(C)C=CC(=O)N[C@@H]1C[C@H](C)[C@H](C/C=C(C)/C=C/[C@H]2O[C@H](CNC(=O)CBr)C[C@@]3(CO3)[C@@H]2O)O[C@@H]1C. The van der Waals surface area contributed by atoms with Crippen LogP contribution in [0.5, 0.6) is 0 Å². The summed E-state index contributed by atoms with van der Waals surface area (Å²) in [5, 5.41) is 16.8. The van der Waals surface area contributed by atoms with E-state index in [0.717, 1.165) is 12.0 Å². The van der Waals surface area contributed by atoms with Crippen molar-refractivity contribution in [3.05, 3.63) is 36.0 Å². The maximum Gasteiger partial charge on any atom is 0.303 e. The minimum Gasteiger partial charge on any atom is -0.459 e. The van der Waals surface area contributed by atoms with E-state index in [1.54, 1.807) is 13.0 Å². The third-order valence-corrected chi connectivity index (χ3v) is 8.08. The van der Waals surface area contributed by atoms with Crippen LogP contribution >= 0.6 is 15.9 Å². The Morgan fingerprint density at radius 1 is 1.20 bits per heavy atom. The van der Waals surface area contributed by atoms with Crippen LogP contribution in [0.4, 0.5) is 0 Å². The third kappa shape index (κ3) is 9.51. The van der Waals surface area contributed by atoms with Crippen LogP contribution in [-0.2, 0) is 33.3 Å². The highest BCUT2D eigenvalue weighted by Crippen LogP contribution is 2.42. The molecule has 3 saturated heterocycles. The predicted molar refractivity (Wildman–Crippen MR) is 153 cm³/mol. The molecule has 1 unspecified atom stereocenters. The van der Waals surface area contributed by atoms with Gasteiger partial charge in [0.25, 0.3) is 0 Å². The molecule has 1 spiro atoms. The predicted octanol–water partition coefficient (Wildman–Crippen LogP) is 2.48. The molecule has 0 bridgehead atoms. The number of ether oxygens (including phenoxy) is 4. The number of hydrogen-bond donors (Lipinski definition) is 3. The quantitative estimate of drug-likeness (QED) is 0.105. The van der Waals surface area contributed by atoms with Crippen molar-refractivity contribution >= 4 is 33.7 Å². The lowest BCUT2D eigenvalue weighted by Crippen LogP contribution is -2.52. The van der Waals surface area contributed by atoms with Gasteiger partial charge in [0.2, 0.25) is 11.8 Å². The summed E-state index contributed by atoms with van der Waals surface area (Å²) in [4.78, 5) is 35.0.